The predicted octanol–water partition coefficient (Wildman–Crippen LogP) is 2.17. The molecule has 0 radical (unpaired) electrons. The van der Waals surface area contributed by atoms with Crippen LogP contribution in [0.15, 0.2) is 11.6 Å². The molecule has 0 aromatic rings. The highest BCUT2D eigenvalue weighted by atomic mass is 16.7. The van der Waals surface area contributed by atoms with E-state index in [4.69, 9.17) is 18.9 Å². The Labute approximate surface area is 235 Å². The van der Waals surface area contributed by atoms with Crippen molar-refractivity contribution in [1.29, 1.82) is 0 Å². The minimum Gasteiger partial charge on any atom is -0.481 e. The number of methoxy groups -OCH3 is 1. The van der Waals surface area contributed by atoms with Crippen molar-refractivity contribution >= 4 is 11.9 Å². The van der Waals surface area contributed by atoms with Gasteiger partial charge in [-0.15, -0.1) is 0 Å². The summed E-state index contributed by atoms with van der Waals surface area (Å²) in [5.41, 5.74) is -1.38. The molecular weight excluding hydrogens is 520 g/mol. The lowest BCUT2D eigenvalue weighted by Gasteiger charge is -2.63. The van der Waals surface area contributed by atoms with Crippen LogP contribution in [0.3, 0.4) is 0 Å². The molecule has 4 N–H and O–H groups in total. The van der Waals surface area contributed by atoms with Gasteiger partial charge in [0.1, 0.15) is 24.9 Å². The largest absolute Gasteiger partial charge is 0.481 e. The average molecular weight is 565 g/mol. The summed E-state index contributed by atoms with van der Waals surface area (Å²) in [5, 5.41) is 44.2. The monoisotopic (exact) mass is 564 g/mol. The van der Waals surface area contributed by atoms with Crippen molar-refractivity contribution < 1.29 is 49.0 Å². The molecule has 0 aromatic heterocycles. The molecule has 2 aliphatic heterocycles. The molecule has 0 bridgehead atoms. The molecule has 2 heterocycles. The lowest BCUT2D eigenvalue weighted by Crippen LogP contribution is -2.65. The maximum absolute atomic E-state index is 13.2. The zero-order valence-electron chi connectivity index (χ0n) is 23.7. The molecule has 6 aliphatic rings. The number of hydrogen-bond donors (Lipinski definition) is 4. The summed E-state index contributed by atoms with van der Waals surface area (Å²) in [4.78, 5) is 25.0. The molecule has 4 aliphatic carbocycles. The van der Waals surface area contributed by atoms with Gasteiger partial charge in [0.25, 0.3) is 0 Å². The number of aliphatic hydroxyl groups is 3. The van der Waals surface area contributed by atoms with Crippen LogP contribution >= 0.6 is 0 Å². The van der Waals surface area contributed by atoms with Gasteiger partial charge in [0, 0.05) is 18.6 Å². The topological polar surface area (TPSA) is 152 Å². The predicted molar refractivity (Wildman–Crippen MR) is 140 cm³/mol. The Bertz CT molecular complexity index is 1060. The molecule has 0 aromatic carbocycles. The Morgan fingerprint density at radius 3 is 2.50 bits per heavy atom. The zero-order chi connectivity index (χ0) is 28.6. The van der Waals surface area contributed by atoms with Gasteiger partial charge < -0.3 is 39.4 Å². The van der Waals surface area contributed by atoms with Crippen LogP contribution in [0.2, 0.25) is 0 Å². The number of aliphatic hydroxyl groups excluding tert-OH is 2. The number of cyclic esters (lactones) is 1. The molecule has 1 saturated heterocycles. The van der Waals surface area contributed by atoms with Crippen molar-refractivity contribution in [2.45, 2.75) is 114 Å². The quantitative estimate of drug-likeness (QED) is 0.289. The minimum atomic E-state index is -1.16. The van der Waals surface area contributed by atoms with Gasteiger partial charge in [0.05, 0.1) is 23.2 Å². The standard InChI is InChI=1S/C30H44O10/c1-15-23(32)25(37-3)24(33)26(39-15)40-18-6-10-29(27(34)35)17(13-18)4-5-21-20(29)7-9-28(2)19(8-11-30(21,28)36)16-12-22(31)38-14-16/h12,15,17-21,23-26,32-33,36H,4-11,13-14H2,1-3H3,(H,34,35). The van der Waals surface area contributed by atoms with Crippen LogP contribution in [0.4, 0.5) is 0 Å². The molecule has 5 fully saturated rings. The molecule has 224 valence electrons. The highest BCUT2D eigenvalue weighted by Gasteiger charge is 2.70. The number of fused-ring (bicyclic) bond motifs is 5. The smallest absolute Gasteiger partial charge is 0.331 e. The fourth-order valence-corrected chi connectivity index (χ4v) is 10.1. The lowest BCUT2D eigenvalue weighted by atomic mass is 9.42. The number of carbonyl (C=O) groups is 2. The molecule has 0 spiro atoms. The Morgan fingerprint density at radius 1 is 1.05 bits per heavy atom. The van der Waals surface area contributed by atoms with Gasteiger partial charge in [0.2, 0.25) is 0 Å². The van der Waals surface area contributed by atoms with Crippen molar-refractivity contribution in [3.05, 3.63) is 11.6 Å². The SMILES string of the molecule is COC1C(O)C(C)OC(OC2CCC3(C(=O)O)C(CCC4C3CCC3(C)C(C5=CC(=O)OC5)CCC43O)C2)C1O. The van der Waals surface area contributed by atoms with E-state index < -0.39 is 53.1 Å². The highest BCUT2D eigenvalue weighted by molar-refractivity contribution is 5.85. The molecule has 6 rings (SSSR count). The number of ether oxygens (including phenoxy) is 4. The fourth-order valence-electron chi connectivity index (χ4n) is 10.1. The van der Waals surface area contributed by atoms with Crippen LogP contribution in [-0.2, 0) is 28.5 Å². The molecule has 13 unspecified atom stereocenters. The van der Waals surface area contributed by atoms with Gasteiger partial charge >= 0.3 is 11.9 Å². The third-order valence-corrected chi connectivity index (χ3v) is 12.2. The van der Waals surface area contributed by atoms with E-state index in [-0.39, 0.29) is 42.4 Å². The first kappa shape index (κ1) is 28.6. The first-order valence-electron chi connectivity index (χ1n) is 15.0. The number of esters is 1. The Hall–Kier alpha value is -1.56. The van der Waals surface area contributed by atoms with Crippen LogP contribution in [0.25, 0.3) is 0 Å². The van der Waals surface area contributed by atoms with Gasteiger partial charge in [-0.1, -0.05) is 6.92 Å². The Balaban J connectivity index is 1.21. The Morgan fingerprint density at radius 2 is 1.82 bits per heavy atom. The van der Waals surface area contributed by atoms with E-state index in [1.807, 2.05) is 0 Å². The number of hydrogen-bond acceptors (Lipinski definition) is 9. The summed E-state index contributed by atoms with van der Waals surface area (Å²) in [6.07, 6.45) is 2.56. The number of carbonyl (C=O) groups excluding carboxylic acids is 1. The minimum absolute atomic E-state index is 0.0614. The van der Waals surface area contributed by atoms with Gasteiger partial charge in [-0.05, 0) is 94.0 Å². The molecule has 0 amide bonds. The first-order valence-corrected chi connectivity index (χ1v) is 15.0. The summed E-state index contributed by atoms with van der Waals surface area (Å²) in [6, 6.07) is 0. The van der Waals surface area contributed by atoms with Gasteiger partial charge in [-0.2, -0.15) is 0 Å². The third kappa shape index (κ3) is 3.96. The number of carboxylic acids is 1. The second kappa shape index (κ2) is 10.0. The Kier molecular flexibility index (Phi) is 7.15. The molecular formula is C30H44O10. The maximum Gasteiger partial charge on any atom is 0.331 e. The number of rotatable bonds is 5. The highest BCUT2D eigenvalue weighted by Crippen LogP contribution is 2.70. The summed E-state index contributed by atoms with van der Waals surface area (Å²) in [5.74, 6) is -1.40. The lowest BCUT2D eigenvalue weighted by molar-refractivity contribution is -0.313. The maximum atomic E-state index is 13.2. The molecule has 10 heteroatoms. The van der Waals surface area contributed by atoms with Crippen LogP contribution < -0.4 is 0 Å². The third-order valence-electron chi connectivity index (χ3n) is 12.2. The number of carboxylic acid groups (broad SMARTS) is 1. The summed E-state index contributed by atoms with van der Waals surface area (Å²) < 4.78 is 22.5. The van der Waals surface area contributed by atoms with E-state index in [1.165, 1.54) is 7.11 Å². The van der Waals surface area contributed by atoms with E-state index >= 15 is 0 Å². The molecule has 4 saturated carbocycles. The van der Waals surface area contributed by atoms with Crippen LogP contribution in [0.1, 0.15) is 71.6 Å². The van der Waals surface area contributed by atoms with Gasteiger partial charge in [0.15, 0.2) is 6.29 Å². The molecule has 13 atom stereocenters. The van der Waals surface area contributed by atoms with Crippen molar-refractivity contribution in [2.24, 2.45) is 34.5 Å². The van der Waals surface area contributed by atoms with E-state index in [1.54, 1.807) is 13.0 Å². The summed E-state index contributed by atoms with van der Waals surface area (Å²) in [7, 11) is 1.43. The van der Waals surface area contributed by atoms with Crippen LogP contribution in [0.5, 0.6) is 0 Å². The van der Waals surface area contributed by atoms with Crippen molar-refractivity contribution in [3.63, 3.8) is 0 Å². The molecule has 40 heavy (non-hydrogen) atoms. The molecule has 10 nitrogen and oxygen atoms in total. The first-order chi connectivity index (χ1) is 19.0. The van der Waals surface area contributed by atoms with Crippen LogP contribution in [-0.4, -0.2) is 88.5 Å². The fraction of sp³-hybridized carbons (Fsp3) is 0.867. The normalized spacial score (nSPS) is 52.2. The second-order valence-electron chi connectivity index (χ2n) is 13.6. The second-order valence-corrected chi connectivity index (χ2v) is 13.6. The van der Waals surface area contributed by atoms with Crippen molar-refractivity contribution in [1.82, 2.24) is 0 Å². The van der Waals surface area contributed by atoms with Crippen LogP contribution in [0, 0.1) is 34.5 Å². The van der Waals surface area contributed by atoms with Crippen molar-refractivity contribution in [2.75, 3.05) is 13.7 Å². The summed E-state index contributed by atoms with van der Waals surface area (Å²) >= 11 is 0. The van der Waals surface area contributed by atoms with Crippen molar-refractivity contribution in [3.8, 4) is 0 Å². The zero-order valence-corrected chi connectivity index (χ0v) is 23.7. The average Bonchev–Trinajstić information content (AvgIpc) is 3.46. The summed E-state index contributed by atoms with van der Waals surface area (Å²) in [6.45, 7) is 4.13. The number of aliphatic carboxylic acids is 1. The van der Waals surface area contributed by atoms with Gasteiger partial charge in [-0.25, -0.2) is 4.79 Å². The van der Waals surface area contributed by atoms with E-state index in [9.17, 15) is 30.0 Å². The van der Waals surface area contributed by atoms with E-state index in [0.29, 0.717) is 38.5 Å². The van der Waals surface area contributed by atoms with Gasteiger partial charge in [-0.3, -0.25) is 4.79 Å². The van der Waals surface area contributed by atoms with E-state index in [2.05, 4.69) is 6.92 Å². The van der Waals surface area contributed by atoms with E-state index in [0.717, 1.165) is 24.8 Å².